The lowest BCUT2D eigenvalue weighted by Gasteiger charge is -2.04. The molecule has 19 heavy (non-hydrogen) atoms. The van der Waals surface area contributed by atoms with E-state index in [4.69, 9.17) is 14.3 Å². The van der Waals surface area contributed by atoms with Crippen molar-refractivity contribution in [3.63, 3.8) is 0 Å². The van der Waals surface area contributed by atoms with E-state index in [-0.39, 0.29) is 23.2 Å². The molecule has 0 unspecified atom stereocenters. The van der Waals surface area contributed by atoms with Gasteiger partial charge in [0.05, 0.1) is 0 Å². The predicted octanol–water partition coefficient (Wildman–Crippen LogP) is 1.16. The number of aromatic carboxylic acids is 1. The summed E-state index contributed by atoms with van der Waals surface area (Å²) in [6.45, 7) is 1.24. The number of ether oxygens (including phenoxy) is 1. The van der Waals surface area contributed by atoms with Gasteiger partial charge < -0.3 is 14.3 Å². The molecule has 0 saturated carbocycles. The topological polar surface area (TPSA) is 115 Å². The molecule has 0 atom stereocenters. The van der Waals surface area contributed by atoms with Crippen LogP contribution in [0.2, 0.25) is 0 Å². The predicted molar refractivity (Wildman–Crippen MR) is 64.4 cm³/mol. The molecule has 100 valence electrons. The molecule has 0 aliphatic rings. The van der Waals surface area contributed by atoms with Crippen molar-refractivity contribution in [1.82, 2.24) is 10.2 Å². The zero-order valence-electron chi connectivity index (χ0n) is 9.74. The largest absolute Gasteiger partial charge is 0.482 e. The molecule has 0 aliphatic carbocycles. The number of hydrogen-bond acceptors (Lipinski definition) is 7. The Kier molecular flexibility index (Phi) is 3.76. The molecule has 0 spiro atoms. The standard InChI is InChI=1S/C10H9N3O5S/c1-5-12-13-10(18-5)11-7(14)4-17-6-2-3-19-8(6)9(15)16/h2-3H,4H2,1H3,(H,15,16)(H,11,13,14). The molecule has 2 aromatic rings. The Morgan fingerprint density at radius 1 is 1.53 bits per heavy atom. The summed E-state index contributed by atoms with van der Waals surface area (Å²) >= 11 is 1.02. The highest BCUT2D eigenvalue weighted by atomic mass is 32.1. The van der Waals surface area contributed by atoms with Crippen LogP contribution in [0.5, 0.6) is 5.75 Å². The first-order chi connectivity index (χ1) is 9.06. The van der Waals surface area contributed by atoms with Crippen LogP contribution in [0.1, 0.15) is 15.6 Å². The van der Waals surface area contributed by atoms with Gasteiger partial charge in [-0.3, -0.25) is 10.1 Å². The zero-order valence-corrected chi connectivity index (χ0v) is 10.6. The summed E-state index contributed by atoms with van der Waals surface area (Å²) in [6.07, 6.45) is 0. The molecule has 0 radical (unpaired) electrons. The Balaban J connectivity index is 1.90. The van der Waals surface area contributed by atoms with Crippen LogP contribution in [0.3, 0.4) is 0 Å². The van der Waals surface area contributed by atoms with Crippen molar-refractivity contribution in [3.8, 4) is 5.75 Å². The van der Waals surface area contributed by atoms with Crippen molar-refractivity contribution in [3.05, 3.63) is 22.2 Å². The smallest absolute Gasteiger partial charge is 0.349 e. The number of aryl methyl sites for hydroxylation is 1. The molecule has 2 aromatic heterocycles. The average Bonchev–Trinajstić information content (AvgIpc) is 2.95. The SMILES string of the molecule is Cc1nnc(NC(=O)COc2ccsc2C(=O)O)o1. The summed E-state index contributed by atoms with van der Waals surface area (Å²) in [7, 11) is 0. The Morgan fingerprint density at radius 3 is 2.95 bits per heavy atom. The third kappa shape index (κ3) is 3.28. The summed E-state index contributed by atoms with van der Waals surface area (Å²) in [5.41, 5.74) is 0. The van der Waals surface area contributed by atoms with Gasteiger partial charge in [0.1, 0.15) is 5.75 Å². The van der Waals surface area contributed by atoms with Crippen LogP contribution < -0.4 is 10.1 Å². The number of nitrogens with zero attached hydrogens (tertiary/aromatic N) is 2. The van der Waals surface area contributed by atoms with E-state index in [0.717, 1.165) is 11.3 Å². The molecule has 2 rings (SSSR count). The van der Waals surface area contributed by atoms with E-state index < -0.39 is 11.9 Å². The number of nitrogens with one attached hydrogen (secondary N) is 1. The van der Waals surface area contributed by atoms with E-state index in [2.05, 4.69) is 15.5 Å². The third-order valence-electron chi connectivity index (χ3n) is 1.95. The third-order valence-corrected chi connectivity index (χ3v) is 2.84. The van der Waals surface area contributed by atoms with Gasteiger partial charge in [-0.1, -0.05) is 5.10 Å². The summed E-state index contributed by atoms with van der Waals surface area (Å²) in [4.78, 5) is 22.4. The van der Waals surface area contributed by atoms with E-state index in [1.807, 2.05) is 0 Å². The van der Waals surface area contributed by atoms with E-state index in [9.17, 15) is 9.59 Å². The summed E-state index contributed by atoms with van der Waals surface area (Å²) in [5, 5.41) is 19.9. The first-order valence-corrected chi connectivity index (χ1v) is 5.98. The molecule has 1 amide bonds. The molecule has 2 heterocycles. The van der Waals surface area contributed by atoms with Crippen molar-refractivity contribution in [2.24, 2.45) is 0 Å². The number of carboxylic acid groups (broad SMARTS) is 1. The highest BCUT2D eigenvalue weighted by Crippen LogP contribution is 2.24. The van der Waals surface area contributed by atoms with Gasteiger partial charge in [0.15, 0.2) is 11.5 Å². The van der Waals surface area contributed by atoms with Crippen LogP contribution >= 0.6 is 11.3 Å². The van der Waals surface area contributed by atoms with Crippen molar-refractivity contribution in [1.29, 1.82) is 0 Å². The monoisotopic (exact) mass is 283 g/mol. The fourth-order valence-corrected chi connectivity index (χ4v) is 1.88. The molecule has 0 fully saturated rings. The van der Waals surface area contributed by atoms with Gasteiger partial charge in [0.2, 0.25) is 5.89 Å². The minimum atomic E-state index is -1.10. The van der Waals surface area contributed by atoms with E-state index in [1.165, 1.54) is 6.07 Å². The maximum absolute atomic E-state index is 11.5. The number of carbonyl (C=O) groups excluding carboxylic acids is 1. The van der Waals surface area contributed by atoms with Gasteiger partial charge in [0.25, 0.3) is 5.91 Å². The summed E-state index contributed by atoms with van der Waals surface area (Å²) in [5.74, 6) is -1.15. The summed E-state index contributed by atoms with van der Waals surface area (Å²) < 4.78 is 10.1. The van der Waals surface area contributed by atoms with Gasteiger partial charge in [-0.25, -0.2) is 4.79 Å². The molecule has 9 heteroatoms. The Labute approximate surface area is 111 Å². The van der Waals surface area contributed by atoms with Crippen LogP contribution in [0.15, 0.2) is 15.9 Å². The molecular weight excluding hydrogens is 274 g/mol. The molecule has 0 aliphatic heterocycles. The van der Waals surface area contributed by atoms with Crippen molar-refractivity contribution in [2.75, 3.05) is 11.9 Å². The quantitative estimate of drug-likeness (QED) is 0.845. The number of hydrogen-bond donors (Lipinski definition) is 2. The molecule has 2 N–H and O–H groups in total. The first kappa shape index (κ1) is 13.0. The van der Waals surface area contributed by atoms with E-state index >= 15 is 0 Å². The number of amides is 1. The van der Waals surface area contributed by atoms with Gasteiger partial charge in [-0.05, 0) is 11.4 Å². The highest BCUT2D eigenvalue weighted by molar-refractivity contribution is 7.12. The lowest BCUT2D eigenvalue weighted by molar-refractivity contribution is -0.118. The second-order valence-electron chi connectivity index (χ2n) is 3.38. The van der Waals surface area contributed by atoms with E-state index in [0.29, 0.717) is 5.89 Å². The first-order valence-electron chi connectivity index (χ1n) is 5.10. The van der Waals surface area contributed by atoms with Crippen molar-refractivity contribution in [2.45, 2.75) is 6.92 Å². The number of rotatable bonds is 5. The Hall–Kier alpha value is -2.42. The van der Waals surface area contributed by atoms with Crippen LogP contribution in [0.4, 0.5) is 6.01 Å². The maximum atomic E-state index is 11.5. The van der Waals surface area contributed by atoms with Crippen molar-refractivity contribution >= 4 is 29.2 Å². The number of aromatic nitrogens is 2. The maximum Gasteiger partial charge on any atom is 0.349 e. The lowest BCUT2D eigenvalue weighted by atomic mass is 10.4. The highest BCUT2D eigenvalue weighted by Gasteiger charge is 2.15. The minimum absolute atomic E-state index is 0.0325. The van der Waals surface area contributed by atoms with Crippen molar-refractivity contribution < 1.29 is 23.8 Å². The number of carbonyl (C=O) groups is 2. The van der Waals surface area contributed by atoms with Gasteiger partial charge in [-0.15, -0.1) is 16.4 Å². The average molecular weight is 283 g/mol. The van der Waals surface area contributed by atoms with Crippen LogP contribution in [0.25, 0.3) is 0 Å². The van der Waals surface area contributed by atoms with Gasteiger partial charge in [0, 0.05) is 6.92 Å². The second-order valence-corrected chi connectivity index (χ2v) is 4.30. The minimum Gasteiger partial charge on any atom is -0.482 e. The molecule has 8 nitrogen and oxygen atoms in total. The fraction of sp³-hybridized carbons (Fsp3) is 0.200. The zero-order chi connectivity index (χ0) is 13.8. The number of thiophene rings is 1. The Morgan fingerprint density at radius 2 is 2.32 bits per heavy atom. The second kappa shape index (κ2) is 5.48. The number of carboxylic acids is 1. The van der Waals surface area contributed by atoms with Gasteiger partial charge in [-0.2, -0.15) is 0 Å². The lowest BCUT2D eigenvalue weighted by Crippen LogP contribution is -2.20. The van der Waals surface area contributed by atoms with Crippen LogP contribution in [-0.4, -0.2) is 33.8 Å². The van der Waals surface area contributed by atoms with E-state index in [1.54, 1.807) is 12.3 Å². The van der Waals surface area contributed by atoms with Crippen LogP contribution in [-0.2, 0) is 4.79 Å². The normalized spacial score (nSPS) is 10.2. The fourth-order valence-electron chi connectivity index (χ4n) is 1.21. The summed E-state index contributed by atoms with van der Waals surface area (Å²) in [6, 6.07) is 1.45. The molecule has 0 saturated heterocycles. The van der Waals surface area contributed by atoms with Gasteiger partial charge >= 0.3 is 12.0 Å². The molecule has 0 aromatic carbocycles. The Bertz CT molecular complexity index is 606. The molecular formula is C10H9N3O5S. The number of anilines is 1. The molecule has 0 bridgehead atoms. The van der Waals surface area contributed by atoms with Crippen LogP contribution in [0, 0.1) is 6.92 Å².